The van der Waals surface area contributed by atoms with Crippen LogP contribution in [0.4, 0.5) is 4.79 Å². The van der Waals surface area contributed by atoms with Crippen molar-refractivity contribution >= 4 is 12.1 Å². The Balaban J connectivity index is 3.87. The van der Waals surface area contributed by atoms with Crippen LogP contribution in [0.15, 0.2) is 0 Å². The molecule has 0 heterocycles. The minimum Gasteiger partial charge on any atom is -0.481 e. The van der Waals surface area contributed by atoms with Crippen molar-refractivity contribution in [3.05, 3.63) is 0 Å². The molecule has 0 rings (SSSR count). The first-order valence-corrected chi connectivity index (χ1v) is 9.76. The number of rotatable bonds is 17. The Morgan fingerprint density at radius 2 is 1.32 bits per heavy atom. The van der Waals surface area contributed by atoms with Gasteiger partial charge in [0.05, 0.1) is 6.10 Å². The van der Waals surface area contributed by atoms with Gasteiger partial charge in [-0.15, -0.1) is 0 Å². The van der Waals surface area contributed by atoms with Crippen LogP contribution in [0.2, 0.25) is 0 Å². The standard InChI is InChI=1S/C19H36O6/c1-2-3-4-5-8-11-14-17(25-19(23)24)16(20)13-10-7-6-9-12-15-18(21)22/h16-17,20H,2-15H2,1H3,(H,21,22)(H,23,24). The smallest absolute Gasteiger partial charge is 0.481 e. The summed E-state index contributed by atoms with van der Waals surface area (Å²) in [4.78, 5) is 21.2. The van der Waals surface area contributed by atoms with Gasteiger partial charge in [0, 0.05) is 6.42 Å². The molecule has 0 amide bonds. The van der Waals surface area contributed by atoms with Crippen molar-refractivity contribution in [2.75, 3.05) is 0 Å². The molecule has 0 aromatic carbocycles. The Morgan fingerprint density at radius 1 is 0.800 bits per heavy atom. The zero-order valence-electron chi connectivity index (χ0n) is 15.6. The first-order valence-electron chi connectivity index (χ1n) is 9.76. The van der Waals surface area contributed by atoms with Gasteiger partial charge in [-0.05, 0) is 25.7 Å². The van der Waals surface area contributed by atoms with Gasteiger partial charge in [-0.25, -0.2) is 4.79 Å². The quantitative estimate of drug-likeness (QED) is 0.250. The fraction of sp³-hybridized carbons (Fsp3) is 0.895. The second-order valence-electron chi connectivity index (χ2n) is 6.75. The van der Waals surface area contributed by atoms with Crippen LogP contribution >= 0.6 is 0 Å². The maximum absolute atomic E-state index is 10.8. The summed E-state index contributed by atoms with van der Waals surface area (Å²) in [7, 11) is 0. The van der Waals surface area contributed by atoms with Crippen LogP contribution in [-0.2, 0) is 9.53 Å². The number of aliphatic hydroxyl groups excluding tert-OH is 1. The fourth-order valence-electron chi connectivity index (χ4n) is 2.93. The van der Waals surface area contributed by atoms with Crippen LogP contribution in [0.3, 0.4) is 0 Å². The largest absolute Gasteiger partial charge is 0.506 e. The van der Waals surface area contributed by atoms with E-state index >= 15 is 0 Å². The van der Waals surface area contributed by atoms with Gasteiger partial charge < -0.3 is 20.1 Å². The molecule has 148 valence electrons. The summed E-state index contributed by atoms with van der Waals surface area (Å²) < 4.78 is 4.86. The molecule has 2 unspecified atom stereocenters. The molecule has 0 aliphatic heterocycles. The van der Waals surface area contributed by atoms with Gasteiger partial charge in [-0.3, -0.25) is 4.79 Å². The maximum atomic E-state index is 10.8. The van der Waals surface area contributed by atoms with Gasteiger partial charge in [-0.1, -0.05) is 64.7 Å². The Hall–Kier alpha value is -1.30. The van der Waals surface area contributed by atoms with Gasteiger partial charge in [0.2, 0.25) is 0 Å². The van der Waals surface area contributed by atoms with Crippen molar-refractivity contribution in [1.29, 1.82) is 0 Å². The zero-order valence-corrected chi connectivity index (χ0v) is 15.6. The number of unbranched alkanes of at least 4 members (excludes halogenated alkanes) is 9. The second kappa shape index (κ2) is 16.2. The predicted octanol–water partition coefficient (Wildman–Crippen LogP) is 4.98. The topological polar surface area (TPSA) is 104 Å². The monoisotopic (exact) mass is 360 g/mol. The Morgan fingerprint density at radius 3 is 1.88 bits per heavy atom. The van der Waals surface area contributed by atoms with Gasteiger partial charge in [0.15, 0.2) is 0 Å². The van der Waals surface area contributed by atoms with Crippen molar-refractivity contribution in [2.45, 2.75) is 109 Å². The van der Waals surface area contributed by atoms with Crippen LogP contribution in [-0.4, -0.2) is 39.7 Å². The van der Waals surface area contributed by atoms with Gasteiger partial charge in [-0.2, -0.15) is 0 Å². The van der Waals surface area contributed by atoms with E-state index in [2.05, 4.69) is 6.92 Å². The third-order valence-electron chi connectivity index (χ3n) is 4.41. The second-order valence-corrected chi connectivity index (χ2v) is 6.75. The highest BCUT2D eigenvalue weighted by molar-refractivity contribution is 5.66. The molecule has 0 saturated carbocycles. The molecule has 0 fully saturated rings. The number of aliphatic carboxylic acids is 1. The molecule has 25 heavy (non-hydrogen) atoms. The molecule has 2 atom stereocenters. The van der Waals surface area contributed by atoms with Crippen LogP contribution in [0.1, 0.15) is 96.8 Å². The summed E-state index contributed by atoms with van der Waals surface area (Å²) in [6, 6.07) is 0. The average Bonchev–Trinajstić information content (AvgIpc) is 2.55. The van der Waals surface area contributed by atoms with Crippen LogP contribution in [0.5, 0.6) is 0 Å². The molecular weight excluding hydrogens is 324 g/mol. The number of ether oxygens (including phenoxy) is 1. The first kappa shape index (κ1) is 23.7. The Labute approximate surface area is 151 Å². The summed E-state index contributed by atoms with van der Waals surface area (Å²) in [5.41, 5.74) is 0. The van der Waals surface area contributed by atoms with E-state index in [9.17, 15) is 14.7 Å². The molecule has 0 spiro atoms. The zero-order chi connectivity index (χ0) is 18.9. The van der Waals surface area contributed by atoms with Crippen LogP contribution in [0, 0.1) is 0 Å². The number of carbonyl (C=O) groups is 2. The molecule has 0 bridgehead atoms. The van der Waals surface area contributed by atoms with E-state index in [1.54, 1.807) is 0 Å². The van der Waals surface area contributed by atoms with Crippen molar-refractivity contribution in [3.63, 3.8) is 0 Å². The van der Waals surface area contributed by atoms with E-state index in [1.165, 1.54) is 19.3 Å². The predicted molar refractivity (Wildman–Crippen MR) is 96.9 cm³/mol. The summed E-state index contributed by atoms with van der Waals surface area (Å²) >= 11 is 0. The highest BCUT2D eigenvalue weighted by Gasteiger charge is 2.22. The van der Waals surface area contributed by atoms with Gasteiger partial charge in [0.25, 0.3) is 0 Å². The molecule has 0 saturated heterocycles. The number of carboxylic acid groups (broad SMARTS) is 2. The Kier molecular flexibility index (Phi) is 15.3. The van der Waals surface area contributed by atoms with Gasteiger partial charge >= 0.3 is 12.1 Å². The third kappa shape index (κ3) is 15.9. The molecule has 6 heteroatoms. The van der Waals surface area contributed by atoms with Gasteiger partial charge in [0.1, 0.15) is 6.10 Å². The number of carboxylic acids is 1. The van der Waals surface area contributed by atoms with E-state index in [0.29, 0.717) is 19.3 Å². The molecular formula is C19H36O6. The van der Waals surface area contributed by atoms with E-state index in [0.717, 1.165) is 44.9 Å². The lowest BCUT2D eigenvalue weighted by Gasteiger charge is -2.22. The minimum absolute atomic E-state index is 0.204. The van der Waals surface area contributed by atoms with Crippen LogP contribution < -0.4 is 0 Å². The highest BCUT2D eigenvalue weighted by Crippen LogP contribution is 2.17. The lowest BCUT2D eigenvalue weighted by Crippen LogP contribution is -2.31. The van der Waals surface area contributed by atoms with Crippen molar-refractivity contribution in [3.8, 4) is 0 Å². The summed E-state index contributed by atoms with van der Waals surface area (Å²) in [6.45, 7) is 2.17. The summed E-state index contributed by atoms with van der Waals surface area (Å²) in [5.74, 6) is -0.765. The molecule has 0 aromatic heterocycles. The van der Waals surface area contributed by atoms with E-state index in [-0.39, 0.29) is 6.42 Å². The molecule has 3 N–H and O–H groups in total. The minimum atomic E-state index is -1.33. The molecule has 0 aromatic rings. The summed E-state index contributed by atoms with van der Waals surface area (Å²) in [6.07, 6.45) is 9.42. The molecule has 0 aliphatic rings. The Bertz CT molecular complexity index is 345. The highest BCUT2D eigenvalue weighted by atomic mass is 16.7. The molecule has 0 radical (unpaired) electrons. The fourth-order valence-corrected chi connectivity index (χ4v) is 2.93. The molecule has 0 aliphatic carbocycles. The van der Waals surface area contributed by atoms with Crippen molar-refractivity contribution < 1.29 is 29.6 Å². The van der Waals surface area contributed by atoms with Crippen LogP contribution in [0.25, 0.3) is 0 Å². The van der Waals surface area contributed by atoms with E-state index in [4.69, 9.17) is 14.9 Å². The first-order chi connectivity index (χ1) is 12.0. The normalized spacial score (nSPS) is 13.4. The number of hydrogen-bond acceptors (Lipinski definition) is 4. The SMILES string of the molecule is CCCCCCCCC(OC(=O)O)C(O)CCCCCCCC(=O)O. The molecule has 6 nitrogen and oxygen atoms in total. The average molecular weight is 360 g/mol. The number of aliphatic hydroxyl groups is 1. The lowest BCUT2D eigenvalue weighted by atomic mass is 9.99. The third-order valence-corrected chi connectivity index (χ3v) is 4.41. The van der Waals surface area contributed by atoms with Crippen molar-refractivity contribution in [1.82, 2.24) is 0 Å². The maximum Gasteiger partial charge on any atom is 0.506 e. The van der Waals surface area contributed by atoms with Crippen molar-refractivity contribution in [2.24, 2.45) is 0 Å². The number of hydrogen-bond donors (Lipinski definition) is 3. The van der Waals surface area contributed by atoms with E-state index in [1.807, 2.05) is 0 Å². The van der Waals surface area contributed by atoms with E-state index < -0.39 is 24.3 Å². The summed E-state index contributed by atoms with van der Waals surface area (Å²) in [5, 5.41) is 27.6. The lowest BCUT2D eigenvalue weighted by molar-refractivity contribution is -0.137.